The average Bonchev–Trinajstić information content (AvgIpc) is 2.50. The van der Waals surface area contributed by atoms with Crippen LogP contribution in [0.2, 0.25) is 0 Å². The van der Waals surface area contributed by atoms with Crippen LogP contribution in [-0.2, 0) is 0 Å². The molecule has 0 unspecified atom stereocenters. The van der Waals surface area contributed by atoms with Crippen LogP contribution in [0.15, 0.2) is 35.3 Å². The zero-order valence-electron chi connectivity index (χ0n) is 12.8. The molecule has 0 fully saturated rings. The van der Waals surface area contributed by atoms with Crippen molar-refractivity contribution < 1.29 is 0 Å². The van der Waals surface area contributed by atoms with E-state index in [2.05, 4.69) is 40.0 Å². The number of para-hydroxylation sites is 1. The van der Waals surface area contributed by atoms with Crippen LogP contribution in [0.4, 0.5) is 5.69 Å². The first-order valence-electron chi connectivity index (χ1n) is 7.60. The highest BCUT2D eigenvalue weighted by molar-refractivity contribution is 5.79. The molecule has 0 bridgehead atoms. The van der Waals surface area contributed by atoms with E-state index >= 15 is 0 Å². The van der Waals surface area contributed by atoms with Gasteiger partial charge in [0.1, 0.15) is 0 Å². The molecule has 0 saturated heterocycles. The predicted octanol–water partition coefficient (Wildman–Crippen LogP) is 2.84. The Hall–Kier alpha value is -1.71. The summed E-state index contributed by atoms with van der Waals surface area (Å²) >= 11 is 0. The van der Waals surface area contributed by atoms with Gasteiger partial charge in [-0.2, -0.15) is 0 Å². The number of unbranched alkanes of at least 4 members (excludes halogenated alkanes) is 2. The molecule has 0 saturated carbocycles. The first-order chi connectivity index (χ1) is 9.86. The van der Waals surface area contributed by atoms with Crippen LogP contribution < -0.4 is 16.0 Å². The minimum atomic E-state index is 0.904. The molecular formula is C16H28N4. The number of nitrogens with one attached hydrogen (secondary N) is 3. The molecule has 20 heavy (non-hydrogen) atoms. The second-order valence-electron chi connectivity index (χ2n) is 4.78. The molecule has 0 amide bonds. The summed E-state index contributed by atoms with van der Waals surface area (Å²) in [6.45, 7) is 5.10. The molecule has 3 N–H and O–H groups in total. The van der Waals surface area contributed by atoms with Crippen LogP contribution in [0.3, 0.4) is 0 Å². The van der Waals surface area contributed by atoms with Gasteiger partial charge in [0.15, 0.2) is 5.96 Å². The average molecular weight is 276 g/mol. The minimum Gasteiger partial charge on any atom is -0.385 e. The predicted molar refractivity (Wildman–Crippen MR) is 88.4 cm³/mol. The van der Waals surface area contributed by atoms with Gasteiger partial charge in [-0.25, -0.2) is 0 Å². The maximum absolute atomic E-state index is 4.22. The molecule has 0 aliphatic heterocycles. The van der Waals surface area contributed by atoms with Crippen molar-refractivity contribution in [2.45, 2.75) is 32.6 Å². The smallest absolute Gasteiger partial charge is 0.190 e. The topological polar surface area (TPSA) is 48.5 Å². The summed E-state index contributed by atoms with van der Waals surface area (Å²) in [6.07, 6.45) is 4.78. The van der Waals surface area contributed by atoms with Crippen molar-refractivity contribution in [2.75, 3.05) is 32.0 Å². The molecule has 0 aliphatic carbocycles. The first kappa shape index (κ1) is 16.3. The summed E-state index contributed by atoms with van der Waals surface area (Å²) in [7, 11) is 1.82. The van der Waals surface area contributed by atoms with Gasteiger partial charge in [0.05, 0.1) is 0 Å². The van der Waals surface area contributed by atoms with Crippen molar-refractivity contribution in [1.29, 1.82) is 0 Å². The number of anilines is 1. The summed E-state index contributed by atoms with van der Waals surface area (Å²) < 4.78 is 0. The molecule has 0 aromatic heterocycles. The van der Waals surface area contributed by atoms with Gasteiger partial charge in [0.2, 0.25) is 0 Å². The van der Waals surface area contributed by atoms with Gasteiger partial charge in [-0.1, -0.05) is 38.0 Å². The van der Waals surface area contributed by atoms with Crippen molar-refractivity contribution in [3.63, 3.8) is 0 Å². The van der Waals surface area contributed by atoms with Crippen molar-refractivity contribution in [1.82, 2.24) is 10.6 Å². The molecule has 0 heterocycles. The molecule has 112 valence electrons. The zero-order valence-corrected chi connectivity index (χ0v) is 12.8. The number of guanidine groups is 1. The lowest BCUT2D eigenvalue weighted by molar-refractivity contribution is 0.679. The molecule has 1 aromatic carbocycles. The second-order valence-corrected chi connectivity index (χ2v) is 4.78. The monoisotopic (exact) mass is 276 g/mol. The van der Waals surface area contributed by atoms with Gasteiger partial charge in [0, 0.05) is 32.4 Å². The molecule has 1 rings (SSSR count). The van der Waals surface area contributed by atoms with Gasteiger partial charge in [-0.15, -0.1) is 0 Å². The lowest BCUT2D eigenvalue weighted by Crippen LogP contribution is -2.38. The van der Waals surface area contributed by atoms with Crippen molar-refractivity contribution in [2.24, 2.45) is 4.99 Å². The van der Waals surface area contributed by atoms with E-state index in [-0.39, 0.29) is 0 Å². The molecule has 0 spiro atoms. The highest BCUT2D eigenvalue weighted by Crippen LogP contribution is 2.03. The van der Waals surface area contributed by atoms with E-state index in [9.17, 15) is 0 Å². The van der Waals surface area contributed by atoms with Crippen LogP contribution >= 0.6 is 0 Å². The van der Waals surface area contributed by atoms with E-state index < -0.39 is 0 Å². The molecule has 4 nitrogen and oxygen atoms in total. The van der Waals surface area contributed by atoms with Crippen LogP contribution in [0.5, 0.6) is 0 Å². The van der Waals surface area contributed by atoms with Crippen LogP contribution in [0.1, 0.15) is 32.6 Å². The molecule has 0 atom stereocenters. The summed E-state index contributed by atoms with van der Waals surface area (Å²) in [5, 5.41) is 10.1. The summed E-state index contributed by atoms with van der Waals surface area (Å²) in [4.78, 5) is 4.22. The number of aliphatic imine (C=N–C) groups is 1. The van der Waals surface area contributed by atoms with Crippen LogP contribution in [-0.4, -0.2) is 32.6 Å². The van der Waals surface area contributed by atoms with E-state index in [0.717, 1.165) is 32.0 Å². The highest BCUT2D eigenvalue weighted by Gasteiger charge is 1.96. The Morgan fingerprint density at radius 1 is 0.950 bits per heavy atom. The summed E-state index contributed by atoms with van der Waals surface area (Å²) in [5.41, 5.74) is 1.18. The molecule has 4 heteroatoms. The van der Waals surface area contributed by atoms with Crippen LogP contribution in [0, 0.1) is 0 Å². The van der Waals surface area contributed by atoms with Crippen molar-refractivity contribution in [3.05, 3.63) is 30.3 Å². The Balaban J connectivity index is 2.04. The zero-order chi connectivity index (χ0) is 14.5. The Kier molecular flexibility index (Phi) is 9.11. The standard InChI is InChI=1S/C16H28N4/c1-3-4-8-12-19-16(17-2)20-14-9-13-18-15-10-6-5-7-11-15/h5-7,10-11,18H,3-4,8-9,12-14H2,1-2H3,(H2,17,19,20). The third-order valence-electron chi connectivity index (χ3n) is 3.05. The lowest BCUT2D eigenvalue weighted by Gasteiger charge is -2.12. The third kappa shape index (κ3) is 7.67. The number of nitrogens with zero attached hydrogens (tertiary/aromatic N) is 1. The Morgan fingerprint density at radius 3 is 2.30 bits per heavy atom. The highest BCUT2D eigenvalue weighted by atomic mass is 15.2. The Morgan fingerprint density at radius 2 is 1.65 bits per heavy atom. The van der Waals surface area contributed by atoms with E-state index in [4.69, 9.17) is 0 Å². The Labute approximate surface area is 123 Å². The van der Waals surface area contributed by atoms with Gasteiger partial charge < -0.3 is 16.0 Å². The van der Waals surface area contributed by atoms with Gasteiger partial charge in [-0.3, -0.25) is 4.99 Å². The first-order valence-corrected chi connectivity index (χ1v) is 7.60. The SMILES string of the molecule is CCCCCNC(=NC)NCCCNc1ccccc1. The summed E-state index contributed by atoms with van der Waals surface area (Å²) in [6, 6.07) is 10.3. The number of rotatable bonds is 9. The maximum Gasteiger partial charge on any atom is 0.190 e. The third-order valence-corrected chi connectivity index (χ3v) is 3.05. The fourth-order valence-electron chi connectivity index (χ4n) is 1.89. The number of hydrogen-bond acceptors (Lipinski definition) is 2. The molecule has 0 radical (unpaired) electrons. The molecule has 1 aromatic rings. The lowest BCUT2D eigenvalue weighted by atomic mass is 10.2. The fraction of sp³-hybridized carbons (Fsp3) is 0.562. The maximum atomic E-state index is 4.22. The summed E-state index contributed by atoms with van der Waals surface area (Å²) in [5.74, 6) is 0.904. The number of hydrogen-bond donors (Lipinski definition) is 3. The Bertz CT molecular complexity index is 362. The van der Waals surface area contributed by atoms with E-state index in [1.54, 1.807) is 0 Å². The van der Waals surface area contributed by atoms with Gasteiger partial charge >= 0.3 is 0 Å². The number of benzene rings is 1. The van der Waals surface area contributed by atoms with Crippen molar-refractivity contribution >= 4 is 11.6 Å². The van der Waals surface area contributed by atoms with Crippen molar-refractivity contribution in [3.8, 4) is 0 Å². The second kappa shape index (κ2) is 11.1. The van der Waals surface area contributed by atoms with E-state index in [0.29, 0.717) is 0 Å². The van der Waals surface area contributed by atoms with Gasteiger partial charge in [-0.05, 0) is 25.0 Å². The quantitative estimate of drug-likeness (QED) is 0.369. The minimum absolute atomic E-state index is 0.904. The molecular weight excluding hydrogens is 248 g/mol. The van der Waals surface area contributed by atoms with E-state index in [1.807, 2.05) is 25.2 Å². The largest absolute Gasteiger partial charge is 0.385 e. The normalized spacial score (nSPS) is 11.2. The van der Waals surface area contributed by atoms with Gasteiger partial charge in [0.25, 0.3) is 0 Å². The molecule has 0 aliphatic rings. The van der Waals surface area contributed by atoms with E-state index in [1.165, 1.54) is 24.9 Å². The fourth-order valence-corrected chi connectivity index (χ4v) is 1.89. The van der Waals surface area contributed by atoms with Crippen LogP contribution in [0.25, 0.3) is 0 Å².